The first-order valence-electron chi connectivity index (χ1n) is 9.06. The van der Waals surface area contributed by atoms with Crippen molar-refractivity contribution in [2.75, 3.05) is 19.6 Å². The summed E-state index contributed by atoms with van der Waals surface area (Å²) in [7, 11) is -3.50. The van der Waals surface area contributed by atoms with E-state index in [9.17, 15) is 12.8 Å². The number of hydrogen-bond acceptors (Lipinski definition) is 3. The third-order valence-electron chi connectivity index (χ3n) is 4.91. The Morgan fingerprint density at radius 2 is 1.96 bits per heavy atom. The maximum Gasteiger partial charge on any atom is 0.240 e. The van der Waals surface area contributed by atoms with Crippen LogP contribution in [0.5, 0.6) is 0 Å². The van der Waals surface area contributed by atoms with Crippen molar-refractivity contribution < 1.29 is 12.8 Å². The summed E-state index contributed by atoms with van der Waals surface area (Å²) < 4.78 is 42.4. The van der Waals surface area contributed by atoms with Crippen molar-refractivity contribution in [3.05, 3.63) is 63.9 Å². The molecule has 0 aromatic heterocycles. The number of aryl methyl sites for hydroxylation is 1. The Bertz CT molecular complexity index is 887. The van der Waals surface area contributed by atoms with E-state index in [4.69, 9.17) is 0 Å². The van der Waals surface area contributed by atoms with Crippen molar-refractivity contribution in [3.8, 4) is 0 Å². The van der Waals surface area contributed by atoms with Crippen molar-refractivity contribution in [3.63, 3.8) is 0 Å². The number of nitrogens with zero attached hydrogens (tertiary/aromatic N) is 1. The number of rotatable bonds is 6. The average molecular weight is 455 g/mol. The highest BCUT2D eigenvalue weighted by molar-refractivity contribution is 9.10. The molecule has 3 rings (SSSR count). The highest BCUT2D eigenvalue weighted by Gasteiger charge is 2.23. The smallest absolute Gasteiger partial charge is 0.240 e. The van der Waals surface area contributed by atoms with E-state index in [1.807, 2.05) is 13.0 Å². The number of piperidine rings is 1. The lowest BCUT2D eigenvalue weighted by molar-refractivity contribution is 0.167. The van der Waals surface area contributed by atoms with Crippen LogP contribution in [0, 0.1) is 18.7 Å². The maximum atomic E-state index is 14.1. The molecule has 1 unspecified atom stereocenters. The fourth-order valence-electron chi connectivity index (χ4n) is 3.38. The molecule has 0 amide bonds. The molecular formula is C20H24BrFN2O2S. The molecule has 0 bridgehead atoms. The molecule has 1 fully saturated rings. The highest BCUT2D eigenvalue weighted by Crippen LogP contribution is 2.22. The number of halogens is 2. The van der Waals surface area contributed by atoms with Gasteiger partial charge in [-0.15, -0.1) is 0 Å². The number of nitrogens with one attached hydrogen (secondary N) is 1. The standard InChI is InChI=1S/C20H24BrFN2O2S/c1-15-4-8-19(9-5-15)27(25,26)23-12-16-3-2-10-24(13-16)14-17-6-7-18(21)11-20(17)22/h4-9,11,16,23H,2-3,10,12-14H2,1H3. The number of likely N-dealkylation sites (tertiary alicyclic amines) is 1. The monoisotopic (exact) mass is 454 g/mol. The van der Waals surface area contributed by atoms with Gasteiger partial charge in [0, 0.05) is 29.7 Å². The van der Waals surface area contributed by atoms with Crippen LogP contribution in [0.2, 0.25) is 0 Å². The molecule has 1 heterocycles. The van der Waals surface area contributed by atoms with Crippen LogP contribution in [-0.4, -0.2) is 33.0 Å². The van der Waals surface area contributed by atoms with Gasteiger partial charge in [0.15, 0.2) is 0 Å². The Kier molecular flexibility index (Phi) is 6.68. The van der Waals surface area contributed by atoms with Crippen LogP contribution in [-0.2, 0) is 16.6 Å². The van der Waals surface area contributed by atoms with Crippen LogP contribution >= 0.6 is 15.9 Å². The zero-order valence-corrected chi connectivity index (χ0v) is 17.7. The molecule has 27 heavy (non-hydrogen) atoms. The molecule has 0 radical (unpaired) electrons. The predicted molar refractivity (Wildman–Crippen MR) is 108 cm³/mol. The fraction of sp³-hybridized carbons (Fsp3) is 0.400. The molecule has 2 aromatic carbocycles. The molecule has 146 valence electrons. The largest absolute Gasteiger partial charge is 0.299 e. The Balaban J connectivity index is 1.57. The molecule has 4 nitrogen and oxygen atoms in total. The fourth-order valence-corrected chi connectivity index (χ4v) is 4.83. The SMILES string of the molecule is Cc1ccc(S(=O)(=O)NCC2CCCN(Cc3ccc(Br)cc3F)C2)cc1. The second-order valence-electron chi connectivity index (χ2n) is 7.14. The molecule has 1 N–H and O–H groups in total. The van der Waals surface area contributed by atoms with Crippen LogP contribution in [0.3, 0.4) is 0 Å². The van der Waals surface area contributed by atoms with Gasteiger partial charge in [-0.25, -0.2) is 17.5 Å². The summed E-state index contributed by atoms with van der Waals surface area (Å²) in [5, 5.41) is 0. The number of sulfonamides is 1. The lowest BCUT2D eigenvalue weighted by Crippen LogP contribution is -2.40. The summed E-state index contributed by atoms with van der Waals surface area (Å²) in [5.41, 5.74) is 1.69. The molecular weight excluding hydrogens is 431 g/mol. The van der Waals surface area contributed by atoms with Gasteiger partial charge < -0.3 is 0 Å². The van der Waals surface area contributed by atoms with Gasteiger partial charge in [0.1, 0.15) is 5.82 Å². The minimum absolute atomic E-state index is 0.216. The Morgan fingerprint density at radius 1 is 1.22 bits per heavy atom. The van der Waals surface area contributed by atoms with E-state index in [0.717, 1.165) is 36.0 Å². The molecule has 1 atom stereocenters. The van der Waals surface area contributed by atoms with Gasteiger partial charge in [-0.05, 0) is 56.5 Å². The van der Waals surface area contributed by atoms with Crippen molar-refractivity contribution in [1.82, 2.24) is 9.62 Å². The first kappa shape index (κ1) is 20.5. The highest BCUT2D eigenvalue weighted by atomic mass is 79.9. The molecule has 1 aliphatic rings. The van der Waals surface area contributed by atoms with Gasteiger partial charge in [0.25, 0.3) is 0 Å². The maximum absolute atomic E-state index is 14.1. The van der Waals surface area contributed by atoms with Gasteiger partial charge >= 0.3 is 0 Å². The van der Waals surface area contributed by atoms with E-state index >= 15 is 0 Å². The van der Waals surface area contributed by atoms with Gasteiger partial charge in [-0.3, -0.25) is 4.90 Å². The van der Waals surface area contributed by atoms with Gasteiger partial charge in [0.05, 0.1) is 4.90 Å². The Morgan fingerprint density at radius 3 is 2.67 bits per heavy atom. The molecule has 1 saturated heterocycles. The zero-order valence-electron chi connectivity index (χ0n) is 15.3. The predicted octanol–water partition coefficient (Wildman–Crippen LogP) is 4.09. The summed E-state index contributed by atoms with van der Waals surface area (Å²) in [6.45, 7) is 4.52. The molecule has 0 spiro atoms. The average Bonchev–Trinajstić information content (AvgIpc) is 2.63. The van der Waals surface area contributed by atoms with E-state index < -0.39 is 10.0 Å². The van der Waals surface area contributed by atoms with Crippen LogP contribution in [0.4, 0.5) is 4.39 Å². The van der Waals surface area contributed by atoms with E-state index in [-0.39, 0.29) is 16.6 Å². The van der Waals surface area contributed by atoms with Gasteiger partial charge in [0.2, 0.25) is 10.0 Å². The second-order valence-corrected chi connectivity index (χ2v) is 9.83. The molecule has 1 aliphatic heterocycles. The molecule has 0 aliphatic carbocycles. The summed E-state index contributed by atoms with van der Waals surface area (Å²) in [6, 6.07) is 12.0. The van der Waals surface area contributed by atoms with Crippen LogP contribution < -0.4 is 4.72 Å². The van der Waals surface area contributed by atoms with Gasteiger partial charge in [-0.2, -0.15) is 0 Å². The van der Waals surface area contributed by atoms with Crippen molar-refractivity contribution in [1.29, 1.82) is 0 Å². The zero-order chi connectivity index (χ0) is 19.4. The minimum atomic E-state index is -3.50. The van der Waals surface area contributed by atoms with Crippen molar-refractivity contribution in [2.45, 2.75) is 31.2 Å². The molecule has 7 heteroatoms. The van der Waals surface area contributed by atoms with Crippen molar-refractivity contribution in [2.24, 2.45) is 5.92 Å². The van der Waals surface area contributed by atoms with E-state index in [1.54, 1.807) is 30.3 Å². The lowest BCUT2D eigenvalue weighted by atomic mass is 9.98. The first-order chi connectivity index (χ1) is 12.8. The summed E-state index contributed by atoms with van der Waals surface area (Å²) in [5.74, 6) is 0.00375. The summed E-state index contributed by atoms with van der Waals surface area (Å²) >= 11 is 3.27. The van der Waals surface area contributed by atoms with E-state index in [2.05, 4.69) is 25.6 Å². The van der Waals surface area contributed by atoms with Crippen LogP contribution in [0.1, 0.15) is 24.0 Å². The van der Waals surface area contributed by atoms with Crippen LogP contribution in [0.15, 0.2) is 51.8 Å². The summed E-state index contributed by atoms with van der Waals surface area (Å²) in [4.78, 5) is 2.48. The number of benzene rings is 2. The second kappa shape index (κ2) is 8.82. The topological polar surface area (TPSA) is 49.4 Å². The van der Waals surface area contributed by atoms with Gasteiger partial charge in [-0.1, -0.05) is 39.7 Å². The quantitative estimate of drug-likeness (QED) is 0.714. The third-order valence-corrected chi connectivity index (χ3v) is 6.84. The number of hydrogen-bond donors (Lipinski definition) is 1. The van der Waals surface area contributed by atoms with E-state index in [0.29, 0.717) is 18.7 Å². The minimum Gasteiger partial charge on any atom is -0.299 e. The normalized spacial score (nSPS) is 18.6. The Labute approximate surface area is 169 Å². The lowest BCUT2D eigenvalue weighted by Gasteiger charge is -2.32. The molecule has 2 aromatic rings. The van der Waals surface area contributed by atoms with Crippen LogP contribution in [0.25, 0.3) is 0 Å². The first-order valence-corrected chi connectivity index (χ1v) is 11.3. The Hall–Kier alpha value is -1.28. The third kappa shape index (κ3) is 5.60. The molecule has 0 saturated carbocycles. The summed E-state index contributed by atoms with van der Waals surface area (Å²) in [6.07, 6.45) is 1.95. The van der Waals surface area contributed by atoms with E-state index in [1.165, 1.54) is 6.07 Å². The van der Waals surface area contributed by atoms with Crippen molar-refractivity contribution >= 4 is 26.0 Å².